The lowest BCUT2D eigenvalue weighted by Gasteiger charge is -2.02. The van der Waals surface area contributed by atoms with Crippen molar-refractivity contribution in [1.82, 2.24) is 4.98 Å². The third-order valence-corrected chi connectivity index (χ3v) is 4.15. The number of nitrogens with two attached hydrogens (primary N) is 1. The first kappa shape index (κ1) is 11.5. The number of nitrogen functional groups attached to an aromatic ring is 1. The van der Waals surface area contributed by atoms with Crippen LogP contribution in [-0.4, -0.2) is 4.98 Å². The van der Waals surface area contributed by atoms with Crippen LogP contribution in [0.4, 0.5) is 5.69 Å². The molecule has 3 aromatic rings. The number of thiazole rings is 1. The number of aromatic nitrogens is 1. The van der Waals surface area contributed by atoms with Crippen LogP contribution in [0.3, 0.4) is 0 Å². The van der Waals surface area contributed by atoms with Crippen LogP contribution in [0.5, 0.6) is 0 Å². The minimum atomic E-state index is 0.712. The highest BCUT2D eigenvalue weighted by Crippen LogP contribution is 2.33. The van der Waals surface area contributed by atoms with Crippen molar-refractivity contribution in [2.45, 2.75) is 6.92 Å². The Balaban J connectivity index is 2.22. The molecule has 0 aliphatic carbocycles. The molecule has 1 aromatic heterocycles. The van der Waals surface area contributed by atoms with Gasteiger partial charge in [0.05, 0.1) is 10.2 Å². The average molecular weight is 275 g/mol. The van der Waals surface area contributed by atoms with Gasteiger partial charge >= 0.3 is 0 Å². The van der Waals surface area contributed by atoms with Crippen LogP contribution >= 0.6 is 22.9 Å². The third kappa shape index (κ3) is 1.96. The molecule has 2 N–H and O–H groups in total. The number of rotatable bonds is 1. The predicted molar refractivity (Wildman–Crippen MR) is 79.2 cm³/mol. The molecule has 0 saturated heterocycles. The molecule has 90 valence electrons. The number of fused-ring (bicyclic) bond motifs is 1. The van der Waals surface area contributed by atoms with E-state index in [9.17, 15) is 0 Å². The second-order valence-electron chi connectivity index (χ2n) is 4.21. The van der Waals surface area contributed by atoms with Crippen molar-refractivity contribution in [1.29, 1.82) is 0 Å². The molecule has 0 atom stereocenters. The summed E-state index contributed by atoms with van der Waals surface area (Å²) in [5, 5.41) is 1.70. The van der Waals surface area contributed by atoms with E-state index >= 15 is 0 Å². The van der Waals surface area contributed by atoms with E-state index in [1.54, 1.807) is 11.3 Å². The molecule has 2 aromatic carbocycles. The molecule has 3 rings (SSSR count). The SMILES string of the molecule is Cc1ccc(N)cc1-c1nc2cc(Cl)ccc2s1. The minimum Gasteiger partial charge on any atom is -0.399 e. The van der Waals surface area contributed by atoms with Crippen molar-refractivity contribution in [2.24, 2.45) is 0 Å². The summed E-state index contributed by atoms with van der Waals surface area (Å²) in [7, 11) is 0. The Kier molecular flexibility index (Phi) is 2.73. The van der Waals surface area contributed by atoms with Gasteiger partial charge in [0.25, 0.3) is 0 Å². The van der Waals surface area contributed by atoms with E-state index in [-0.39, 0.29) is 0 Å². The van der Waals surface area contributed by atoms with Gasteiger partial charge in [0.1, 0.15) is 5.01 Å². The Labute approximate surface area is 114 Å². The maximum Gasteiger partial charge on any atom is 0.124 e. The fourth-order valence-corrected chi connectivity index (χ4v) is 3.08. The number of halogens is 1. The van der Waals surface area contributed by atoms with E-state index in [1.165, 1.54) is 5.56 Å². The maximum absolute atomic E-state index is 5.98. The van der Waals surface area contributed by atoms with Gasteiger partial charge in [-0.2, -0.15) is 0 Å². The number of aryl methyl sites for hydroxylation is 1. The normalized spacial score (nSPS) is 11.0. The molecule has 0 aliphatic rings. The summed E-state index contributed by atoms with van der Waals surface area (Å²) in [6, 6.07) is 11.7. The van der Waals surface area contributed by atoms with Gasteiger partial charge < -0.3 is 5.73 Å². The van der Waals surface area contributed by atoms with E-state index in [4.69, 9.17) is 17.3 Å². The van der Waals surface area contributed by atoms with Crippen LogP contribution in [0.1, 0.15) is 5.56 Å². The Morgan fingerprint density at radius 2 is 2.00 bits per heavy atom. The summed E-state index contributed by atoms with van der Waals surface area (Å²) in [6.07, 6.45) is 0. The van der Waals surface area contributed by atoms with E-state index < -0.39 is 0 Å². The highest BCUT2D eigenvalue weighted by molar-refractivity contribution is 7.21. The van der Waals surface area contributed by atoms with Crippen LogP contribution in [0, 0.1) is 6.92 Å². The first-order valence-corrected chi connectivity index (χ1v) is 6.75. The molecule has 0 spiro atoms. The minimum absolute atomic E-state index is 0.712. The van der Waals surface area contributed by atoms with Crippen molar-refractivity contribution in [3.63, 3.8) is 0 Å². The molecular weight excluding hydrogens is 264 g/mol. The smallest absolute Gasteiger partial charge is 0.124 e. The molecule has 0 radical (unpaired) electrons. The lowest BCUT2D eigenvalue weighted by Crippen LogP contribution is -1.88. The van der Waals surface area contributed by atoms with Crippen molar-refractivity contribution < 1.29 is 0 Å². The van der Waals surface area contributed by atoms with Gasteiger partial charge in [-0.3, -0.25) is 0 Å². The van der Waals surface area contributed by atoms with Crippen molar-refractivity contribution in [3.8, 4) is 10.6 Å². The van der Waals surface area contributed by atoms with Gasteiger partial charge in [-0.25, -0.2) is 4.98 Å². The molecule has 0 bridgehead atoms. The van der Waals surface area contributed by atoms with Gasteiger partial charge in [0, 0.05) is 16.3 Å². The van der Waals surface area contributed by atoms with E-state index in [0.29, 0.717) is 5.02 Å². The standard InChI is InChI=1S/C14H11ClN2S/c1-8-2-4-10(16)7-11(8)14-17-12-6-9(15)3-5-13(12)18-14/h2-7H,16H2,1H3. The van der Waals surface area contributed by atoms with Crippen LogP contribution in [0.2, 0.25) is 5.02 Å². The van der Waals surface area contributed by atoms with E-state index in [1.807, 2.05) is 36.4 Å². The lowest BCUT2D eigenvalue weighted by molar-refractivity contribution is 1.41. The highest BCUT2D eigenvalue weighted by Gasteiger charge is 2.09. The first-order chi connectivity index (χ1) is 8.63. The van der Waals surface area contributed by atoms with Crippen LogP contribution in [-0.2, 0) is 0 Å². The number of hydrogen-bond acceptors (Lipinski definition) is 3. The Bertz CT molecular complexity index is 734. The summed E-state index contributed by atoms with van der Waals surface area (Å²) in [6.45, 7) is 2.06. The second kappa shape index (κ2) is 4.26. The molecule has 0 fully saturated rings. The van der Waals surface area contributed by atoms with E-state index in [0.717, 1.165) is 26.5 Å². The summed E-state index contributed by atoms with van der Waals surface area (Å²) in [5.41, 5.74) is 9.80. The largest absolute Gasteiger partial charge is 0.399 e. The maximum atomic E-state index is 5.98. The zero-order valence-corrected chi connectivity index (χ0v) is 11.3. The fraction of sp³-hybridized carbons (Fsp3) is 0.0714. The third-order valence-electron chi connectivity index (χ3n) is 2.84. The van der Waals surface area contributed by atoms with Gasteiger partial charge in [-0.05, 0) is 42.8 Å². The van der Waals surface area contributed by atoms with Gasteiger partial charge in [-0.15, -0.1) is 11.3 Å². The molecule has 0 unspecified atom stereocenters. The van der Waals surface area contributed by atoms with Gasteiger partial charge in [0.2, 0.25) is 0 Å². The molecule has 0 saturated carbocycles. The predicted octanol–water partition coefficient (Wildman–Crippen LogP) is 4.51. The first-order valence-electron chi connectivity index (χ1n) is 5.56. The van der Waals surface area contributed by atoms with Crippen molar-refractivity contribution >= 4 is 38.8 Å². The van der Waals surface area contributed by atoms with Gasteiger partial charge in [-0.1, -0.05) is 17.7 Å². The molecule has 1 heterocycles. The number of anilines is 1. The molecule has 0 aliphatic heterocycles. The monoisotopic (exact) mass is 274 g/mol. The quantitative estimate of drug-likeness (QED) is 0.663. The number of benzene rings is 2. The summed E-state index contributed by atoms with van der Waals surface area (Å²) >= 11 is 7.63. The number of nitrogens with zero attached hydrogens (tertiary/aromatic N) is 1. The van der Waals surface area contributed by atoms with E-state index in [2.05, 4.69) is 11.9 Å². The second-order valence-corrected chi connectivity index (χ2v) is 5.67. The summed E-state index contributed by atoms with van der Waals surface area (Å²) in [4.78, 5) is 4.62. The highest BCUT2D eigenvalue weighted by atomic mass is 35.5. The summed E-state index contributed by atoms with van der Waals surface area (Å²) in [5.74, 6) is 0. The van der Waals surface area contributed by atoms with Gasteiger partial charge in [0.15, 0.2) is 0 Å². The fourth-order valence-electron chi connectivity index (χ4n) is 1.89. The Morgan fingerprint density at radius 3 is 2.83 bits per heavy atom. The van der Waals surface area contributed by atoms with Crippen molar-refractivity contribution in [3.05, 3.63) is 47.0 Å². The molecular formula is C14H11ClN2S. The topological polar surface area (TPSA) is 38.9 Å². The molecule has 0 amide bonds. The lowest BCUT2D eigenvalue weighted by atomic mass is 10.1. The molecule has 4 heteroatoms. The van der Waals surface area contributed by atoms with Crippen LogP contribution < -0.4 is 5.73 Å². The Morgan fingerprint density at radius 1 is 1.17 bits per heavy atom. The molecule has 2 nitrogen and oxygen atoms in total. The average Bonchev–Trinajstić information content (AvgIpc) is 2.74. The molecule has 18 heavy (non-hydrogen) atoms. The van der Waals surface area contributed by atoms with Crippen LogP contribution in [0.15, 0.2) is 36.4 Å². The van der Waals surface area contributed by atoms with Crippen molar-refractivity contribution in [2.75, 3.05) is 5.73 Å². The zero-order chi connectivity index (χ0) is 12.7. The number of hydrogen-bond donors (Lipinski definition) is 1. The van der Waals surface area contributed by atoms with Crippen LogP contribution in [0.25, 0.3) is 20.8 Å². The zero-order valence-electron chi connectivity index (χ0n) is 9.77. The Hall–Kier alpha value is -1.58. The summed E-state index contributed by atoms with van der Waals surface area (Å²) < 4.78 is 1.14.